The first-order valence-corrected chi connectivity index (χ1v) is 9.57. The van der Waals surface area contributed by atoms with Crippen molar-refractivity contribution in [3.63, 3.8) is 0 Å². The van der Waals surface area contributed by atoms with E-state index in [0.29, 0.717) is 0 Å². The van der Waals surface area contributed by atoms with E-state index in [2.05, 4.69) is 13.8 Å². The minimum Gasteiger partial charge on any atom is -0.381 e. The van der Waals surface area contributed by atoms with Gasteiger partial charge in [0.15, 0.2) is 0 Å². The van der Waals surface area contributed by atoms with Crippen molar-refractivity contribution in [2.75, 3.05) is 26.4 Å². The first-order chi connectivity index (χ1) is 10.4. The summed E-state index contributed by atoms with van der Waals surface area (Å²) in [6.07, 6.45) is 16.9. The molecule has 0 aliphatic rings. The predicted octanol–water partition coefficient (Wildman–Crippen LogP) is 6.13. The summed E-state index contributed by atoms with van der Waals surface area (Å²) in [4.78, 5) is 0. The van der Waals surface area contributed by atoms with Gasteiger partial charge in [0, 0.05) is 26.4 Å². The summed E-state index contributed by atoms with van der Waals surface area (Å²) in [6.45, 7) is 8.30. The molecule has 0 spiro atoms. The molecular weight excluding hydrogens is 260 g/mol. The zero-order chi connectivity index (χ0) is 15.4. The summed E-state index contributed by atoms with van der Waals surface area (Å²) in [5.74, 6) is 0. The molecule has 0 aromatic heterocycles. The largest absolute Gasteiger partial charge is 0.381 e. The molecule has 0 N–H and O–H groups in total. The molecule has 2 nitrogen and oxygen atoms in total. The molecule has 2 heteroatoms. The summed E-state index contributed by atoms with van der Waals surface area (Å²) in [5.41, 5.74) is 0. The lowest BCUT2D eigenvalue weighted by atomic mass is 10.2. The lowest BCUT2D eigenvalue weighted by Crippen LogP contribution is -2.00. The fraction of sp³-hybridized carbons (Fsp3) is 1.00. The van der Waals surface area contributed by atoms with Crippen LogP contribution in [0.15, 0.2) is 0 Å². The van der Waals surface area contributed by atoms with Crippen LogP contribution in [-0.4, -0.2) is 26.4 Å². The van der Waals surface area contributed by atoms with Gasteiger partial charge in [-0.1, -0.05) is 65.2 Å². The Hall–Kier alpha value is -0.0800. The van der Waals surface area contributed by atoms with Gasteiger partial charge in [0.25, 0.3) is 0 Å². The van der Waals surface area contributed by atoms with Crippen LogP contribution in [-0.2, 0) is 9.47 Å². The van der Waals surface area contributed by atoms with E-state index in [1.165, 1.54) is 83.5 Å². The Morgan fingerprint density at radius 2 is 0.667 bits per heavy atom. The lowest BCUT2D eigenvalue weighted by Gasteiger charge is -2.05. The molecule has 0 fully saturated rings. The molecule has 0 saturated heterocycles. The molecule has 0 rings (SSSR count). The van der Waals surface area contributed by atoms with E-state index in [1.807, 2.05) is 0 Å². The number of rotatable bonds is 18. The predicted molar refractivity (Wildman–Crippen MR) is 93.0 cm³/mol. The molecule has 0 atom stereocenters. The van der Waals surface area contributed by atoms with Crippen LogP contribution in [0.1, 0.15) is 97.3 Å². The minimum atomic E-state index is 0.935. The van der Waals surface area contributed by atoms with Crippen LogP contribution in [0.25, 0.3) is 0 Å². The highest BCUT2D eigenvalue weighted by Gasteiger charge is 1.94. The zero-order valence-corrected chi connectivity index (χ0v) is 14.8. The number of hydrogen-bond donors (Lipinski definition) is 0. The standard InChI is InChI=1S/C19H40O2/c1-3-5-7-9-12-16-20-18-14-11-15-19-21-17-13-10-8-6-4-2/h3-19H2,1-2H3. The quantitative estimate of drug-likeness (QED) is 0.283. The Balaban J connectivity index is 2.90. The maximum atomic E-state index is 5.66. The van der Waals surface area contributed by atoms with Crippen LogP contribution >= 0.6 is 0 Å². The normalized spacial score (nSPS) is 11.1. The van der Waals surface area contributed by atoms with Gasteiger partial charge in [0.2, 0.25) is 0 Å². The van der Waals surface area contributed by atoms with Crippen molar-refractivity contribution in [3.05, 3.63) is 0 Å². The SMILES string of the molecule is CCCCCCCOCCCCCOCCCCCCC. The van der Waals surface area contributed by atoms with Gasteiger partial charge in [0.05, 0.1) is 0 Å². The van der Waals surface area contributed by atoms with Gasteiger partial charge in [-0.05, 0) is 32.1 Å². The van der Waals surface area contributed by atoms with Crippen LogP contribution in [0, 0.1) is 0 Å². The third-order valence-electron chi connectivity index (χ3n) is 3.86. The first-order valence-electron chi connectivity index (χ1n) is 9.57. The third-order valence-corrected chi connectivity index (χ3v) is 3.86. The first kappa shape index (κ1) is 20.9. The third kappa shape index (κ3) is 19.9. The van der Waals surface area contributed by atoms with Crippen molar-refractivity contribution in [2.24, 2.45) is 0 Å². The van der Waals surface area contributed by atoms with E-state index in [0.717, 1.165) is 26.4 Å². The van der Waals surface area contributed by atoms with Gasteiger partial charge in [-0.25, -0.2) is 0 Å². The summed E-state index contributed by atoms with van der Waals surface area (Å²) < 4.78 is 11.3. The molecule has 0 aromatic carbocycles. The molecule has 0 unspecified atom stereocenters. The maximum Gasteiger partial charge on any atom is 0.0466 e. The van der Waals surface area contributed by atoms with E-state index >= 15 is 0 Å². The summed E-state index contributed by atoms with van der Waals surface area (Å²) in [6, 6.07) is 0. The van der Waals surface area contributed by atoms with Crippen molar-refractivity contribution in [3.8, 4) is 0 Å². The molecule has 128 valence electrons. The fourth-order valence-corrected chi connectivity index (χ4v) is 2.40. The number of unbranched alkanes of at least 4 members (excludes halogenated alkanes) is 10. The molecule has 0 aliphatic carbocycles. The highest BCUT2D eigenvalue weighted by molar-refractivity contribution is 4.45. The van der Waals surface area contributed by atoms with E-state index in [9.17, 15) is 0 Å². The maximum absolute atomic E-state index is 5.66. The van der Waals surface area contributed by atoms with Gasteiger partial charge >= 0.3 is 0 Å². The Morgan fingerprint density at radius 1 is 0.381 bits per heavy atom. The van der Waals surface area contributed by atoms with E-state index in [4.69, 9.17) is 9.47 Å². The Kier molecular flexibility index (Phi) is 19.8. The molecule has 0 amide bonds. The van der Waals surface area contributed by atoms with Crippen molar-refractivity contribution < 1.29 is 9.47 Å². The second kappa shape index (κ2) is 19.9. The average molecular weight is 301 g/mol. The van der Waals surface area contributed by atoms with Crippen LogP contribution in [0.2, 0.25) is 0 Å². The molecular formula is C19H40O2. The van der Waals surface area contributed by atoms with Crippen molar-refractivity contribution in [1.29, 1.82) is 0 Å². The fourth-order valence-electron chi connectivity index (χ4n) is 2.40. The van der Waals surface area contributed by atoms with E-state index in [-0.39, 0.29) is 0 Å². The van der Waals surface area contributed by atoms with Crippen molar-refractivity contribution in [2.45, 2.75) is 97.3 Å². The van der Waals surface area contributed by atoms with E-state index in [1.54, 1.807) is 0 Å². The van der Waals surface area contributed by atoms with Crippen LogP contribution in [0.3, 0.4) is 0 Å². The van der Waals surface area contributed by atoms with Crippen LogP contribution in [0.4, 0.5) is 0 Å². The van der Waals surface area contributed by atoms with Gasteiger partial charge < -0.3 is 9.47 Å². The molecule has 0 bridgehead atoms. The lowest BCUT2D eigenvalue weighted by molar-refractivity contribution is 0.111. The second-order valence-corrected chi connectivity index (χ2v) is 6.11. The summed E-state index contributed by atoms with van der Waals surface area (Å²) in [7, 11) is 0. The van der Waals surface area contributed by atoms with Gasteiger partial charge in [-0.15, -0.1) is 0 Å². The molecule has 0 heterocycles. The number of hydrogen-bond acceptors (Lipinski definition) is 2. The molecule has 0 aromatic rings. The number of ether oxygens (including phenoxy) is 2. The Bertz CT molecular complexity index is 153. The molecule has 0 saturated carbocycles. The Morgan fingerprint density at radius 3 is 1.00 bits per heavy atom. The van der Waals surface area contributed by atoms with Crippen molar-refractivity contribution >= 4 is 0 Å². The smallest absolute Gasteiger partial charge is 0.0466 e. The van der Waals surface area contributed by atoms with Crippen molar-refractivity contribution in [1.82, 2.24) is 0 Å². The Labute approximate surface area is 134 Å². The van der Waals surface area contributed by atoms with Gasteiger partial charge in [-0.3, -0.25) is 0 Å². The summed E-state index contributed by atoms with van der Waals surface area (Å²) >= 11 is 0. The molecule has 0 radical (unpaired) electrons. The molecule has 0 aliphatic heterocycles. The topological polar surface area (TPSA) is 18.5 Å². The van der Waals surface area contributed by atoms with Gasteiger partial charge in [0.1, 0.15) is 0 Å². The van der Waals surface area contributed by atoms with E-state index < -0.39 is 0 Å². The monoisotopic (exact) mass is 300 g/mol. The molecule has 21 heavy (non-hydrogen) atoms. The average Bonchev–Trinajstić information content (AvgIpc) is 2.50. The highest BCUT2D eigenvalue weighted by Crippen LogP contribution is 2.04. The summed E-state index contributed by atoms with van der Waals surface area (Å²) in [5, 5.41) is 0. The zero-order valence-electron chi connectivity index (χ0n) is 14.8. The second-order valence-electron chi connectivity index (χ2n) is 6.11. The minimum absolute atomic E-state index is 0.935. The van der Waals surface area contributed by atoms with Gasteiger partial charge in [-0.2, -0.15) is 0 Å². The van der Waals surface area contributed by atoms with Crippen LogP contribution < -0.4 is 0 Å². The highest BCUT2D eigenvalue weighted by atomic mass is 16.5. The van der Waals surface area contributed by atoms with Crippen LogP contribution in [0.5, 0.6) is 0 Å².